The van der Waals surface area contributed by atoms with Gasteiger partial charge in [0.25, 0.3) is 0 Å². The molecule has 0 spiro atoms. The summed E-state index contributed by atoms with van der Waals surface area (Å²) in [5, 5.41) is 9.14. The molecule has 0 aliphatic rings. The van der Waals surface area contributed by atoms with Gasteiger partial charge in [-0.2, -0.15) is 0 Å². The van der Waals surface area contributed by atoms with Gasteiger partial charge in [-0.25, -0.2) is 9.18 Å². The quantitative estimate of drug-likeness (QED) is 0.931. The van der Waals surface area contributed by atoms with Gasteiger partial charge >= 0.3 is 5.97 Å². The highest BCUT2D eigenvalue weighted by Gasteiger charge is 2.18. The molecule has 0 aliphatic carbocycles. The zero-order valence-electron chi connectivity index (χ0n) is 11.3. The maximum atomic E-state index is 13.9. The number of para-hydroxylation sites is 1. The van der Waals surface area contributed by atoms with Crippen LogP contribution in [0.1, 0.15) is 21.7 Å². The van der Waals surface area contributed by atoms with Crippen LogP contribution in [-0.2, 0) is 6.54 Å². The molecule has 0 fully saturated rings. The van der Waals surface area contributed by atoms with E-state index in [1.807, 2.05) is 25.1 Å². The summed E-state index contributed by atoms with van der Waals surface area (Å²) < 4.78 is 13.9. The molecule has 0 saturated carbocycles. The van der Waals surface area contributed by atoms with Crippen LogP contribution >= 0.6 is 0 Å². The van der Waals surface area contributed by atoms with Crippen molar-refractivity contribution in [3.63, 3.8) is 0 Å². The first-order valence-corrected chi connectivity index (χ1v) is 6.14. The Morgan fingerprint density at radius 2 is 2.00 bits per heavy atom. The van der Waals surface area contributed by atoms with Crippen LogP contribution in [0.15, 0.2) is 36.4 Å². The van der Waals surface area contributed by atoms with Gasteiger partial charge in [0.05, 0.1) is 23.5 Å². The van der Waals surface area contributed by atoms with E-state index < -0.39 is 11.8 Å². The number of benzene rings is 1. The van der Waals surface area contributed by atoms with E-state index in [-0.39, 0.29) is 11.3 Å². The first-order chi connectivity index (χ1) is 9.49. The molecule has 1 aromatic heterocycles. The van der Waals surface area contributed by atoms with Gasteiger partial charge in [-0.1, -0.05) is 12.1 Å². The molecule has 1 aromatic carbocycles. The molecule has 0 unspecified atom stereocenters. The number of nitrogens with zero attached hydrogens (tertiary/aromatic N) is 2. The van der Waals surface area contributed by atoms with Gasteiger partial charge < -0.3 is 10.0 Å². The average molecular weight is 274 g/mol. The number of aromatic nitrogens is 1. The average Bonchev–Trinajstić information content (AvgIpc) is 2.38. The highest BCUT2D eigenvalue weighted by molar-refractivity contribution is 5.94. The Hall–Kier alpha value is -2.43. The lowest BCUT2D eigenvalue weighted by Crippen LogP contribution is -2.21. The number of carboxylic acid groups (broad SMARTS) is 1. The van der Waals surface area contributed by atoms with Crippen molar-refractivity contribution in [2.45, 2.75) is 13.5 Å². The summed E-state index contributed by atoms with van der Waals surface area (Å²) in [6.45, 7) is 2.21. The fraction of sp³-hybridized carbons (Fsp3) is 0.200. The molecule has 0 radical (unpaired) electrons. The van der Waals surface area contributed by atoms with Gasteiger partial charge in [0.15, 0.2) is 0 Å². The molecule has 0 saturated heterocycles. The van der Waals surface area contributed by atoms with Crippen LogP contribution in [0.25, 0.3) is 0 Å². The summed E-state index contributed by atoms with van der Waals surface area (Å²) in [6.07, 6.45) is 0. The summed E-state index contributed by atoms with van der Waals surface area (Å²) in [4.78, 5) is 17.1. The molecule has 104 valence electrons. The molecule has 2 rings (SSSR count). The Balaban J connectivity index is 2.34. The summed E-state index contributed by atoms with van der Waals surface area (Å²) in [5.74, 6) is -1.70. The number of rotatable bonds is 4. The minimum atomic E-state index is -1.15. The number of halogens is 1. The van der Waals surface area contributed by atoms with Gasteiger partial charge in [0, 0.05) is 12.7 Å². The smallest absolute Gasteiger partial charge is 0.337 e. The molecule has 0 amide bonds. The normalized spacial score (nSPS) is 10.3. The molecule has 4 nitrogen and oxygen atoms in total. The van der Waals surface area contributed by atoms with Crippen LogP contribution in [-0.4, -0.2) is 23.1 Å². The summed E-state index contributed by atoms with van der Waals surface area (Å²) in [7, 11) is 1.65. The van der Waals surface area contributed by atoms with E-state index in [0.29, 0.717) is 6.54 Å². The molecular formula is C15H15FN2O2. The second-order valence-electron chi connectivity index (χ2n) is 4.57. The Labute approximate surface area is 116 Å². The zero-order valence-corrected chi connectivity index (χ0v) is 11.3. The van der Waals surface area contributed by atoms with E-state index in [0.717, 1.165) is 11.4 Å². The number of aromatic carboxylic acids is 1. The summed E-state index contributed by atoms with van der Waals surface area (Å²) in [5.41, 5.74) is 1.64. The first-order valence-electron chi connectivity index (χ1n) is 6.14. The molecular weight excluding hydrogens is 259 g/mol. The lowest BCUT2D eigenvalue weighted by molar-refractivity contribution is 0.0697. The third kappa shape index (κ3) is 2.93. The van der Waals surface area contributed by atoms with Crippen molar-refractivity contribution in [3.05, 3.63) is 59.2 Å². The maximum absolute atomic E-state index is 13.9. The van der Waals surface area contributed by atoms with Gasteiger partial charge in [-0.15, -0.1) is 0 Å². The third-order valence-corrected chi connectivity index (χ3v) is 2.94. The molecule has 20 heavy (non-hydrogen) atoms. The molecule has 2 aromatic rings. The summed E-state index contributed by atoms with van der Waals surface area (Å²) >= 11 is 0. The van der Waals surface area contributed by atoms with E-state index in [1.165, 1.54) is 18.2 Å². The van der Waals surface area contributed by atoms with Crippen molar-refractivity contribution in [2.24, 2.45) is 0 Å². The van der Waals surface area contributed by atoms with Crippen LogP contribution in [0, 0.1) is 12.7 Å². The van der Waals surface area contributed by atoms with Crippen molar-refractivity contribution >= 4 is 11.7 Å². The number of pyridine rings is 1. The van der Waals surface area contributed by atoms with E-state index in [2.05, 4.69) is 4.98 Å². The zero-order chi connectivity index (χ0) is 14.7. The Morgan fingerprint density at radius 3 is 2.65 bits per heavy atom. The van der Waals surface area contributed by atoms with E-state index in [4.69, 9.17) is 5.11 Å². The van der Waals surface area contributed by atoms with Crippen LogP contribution in [0.4, 0.5) is 10.1 Å². The predicted octanol–water partition coefficient (Wildman–Crippen LogP) is 2.86. The summed E-state index contributed by atoms with van der Waals surface area (Å²) in [6, 6.07) is 9.59. The van der Waals surface area contributed by atoms with Crippen molar-refractivity contribution in [1.82, 2.24) is 4.98 Å². The van der Waals surface area contributed by atoms with Crippen molar-refractivity contribution in [2.75, 3.05) is 11.9 Å². The minimum absolute atomic E-state index is 0.0554. The molecule has 0 bridgehead atoms. The highest BCUT2D eigenvalue weighted by Crippen LogP contribution is 2.24. The topological polar surface area (TPSA) is 53.4 Å². The molecule has 1 N–H and O–H groups in total. The predicted molar refractivity (Wildman–Crippen MR) is 74.4 cm³/mol. The monoisotopic (exact) mass is 274 g/mol. The van der Waals surface area contributed by atoms with Crippen LogP contribution in [0.2, 0.25) is 0 Å². The van der Waals surface area contributed by atoms with Crippen LogP contribution in [0.5, 0.6) is 0 Å². The SMILES string of the molecule is Cc1cccc(CN(C)c2c(F)cccc2C(=O)O)n1. The van der Waals surface area contributed by atoms with E-state index >= 15 is 0 Å². The first kappa shape index (κ1) is 14.0. The molecule has 0 aliphatic heterocycles. The Bertz CT molecular complexity index is 644. The maximum Gasteiger partial charge on any atom is 0.337 e. The number of hydrogen-bond donors (Lipinski definition) is 1. The van der Waals surface area contributed by atoms with Gasteiger partial charge in [-0.05, 0) is 31.2 Å². The second-order valence-corrected chi connectivity index (χ2v) is 4.57. The Morgan fingerprint density at radius 1 is 1.30 bits per heavy atom. The van der Waals surface area contributed by atoms with Gasteiger partial charge in [-0.3, -0.25) is 4.98 Å². The lowest BCUT2D eigenvalue weighted by Gasteiger charge is -2.21. The third-order valence-electron chi connectivity index (χ3n) is 2.94. The lowest BCUT2D eigenvalue weighted by atomic mass is 10.1. The number of anilines is 1. The van der Waals surface area contributed by atoms with Gasteiger partial charge in [0.2, 0.25) is 0 Å². The fourth-order valence-electron chi connectivity index (χ4n) is 2.09. The van der Waals surface area contributed by atoms with Gasteiger partial charge in [0.1, 0.15) is 5.82 Å². The van der Waals surface area contributed by atoms with Crippen molar-refractivity contribution in [3.8, 4) is 0 Å². The van der Waals surface area contributed by atoms with Crippen LogP contribution < -0.4 is 4.90 Å². The molecule has 0 atom stereocenters. The molecule has 5 heteroatoms. The van der Waals surface area contributed by atoms with E-state index in [9.17, 15) is 9.18 Å². The second kappa shape index (κ2) is 5.69. The van der Waals surface area contributed by atoms with E-state index in [1.54, 1.807) is 11.9 Å². The largest absolute Gasteiger partial charge is 0.478 e. The number of carbonyl (C=O) groups is 1. The highest BCUT2D eigenvalue weighted by atomic mass is 19.1. The van der Waals surface area contributed by atoms with Crippen LogP contribution in [0.3, 0.4) is 0 Å². The standard InChI is InChI=1S/C15H15FN2O2/c1-10-5-3-6-11(17-10)9-18(2)14-12(15(19)20)7-4-8-13(14)16/h3-8H,9H2,1-2H3,(H,19,20). The number of hydrogen-bond acceptors (Lipinski definition) is 3. The molecule has 1 heterocycles. The fourth-order valence-corrected chi connectivity index (χ4v) is 2.09. The Kier molecular flexibility index (Phi) is 3.98. The number of carboxylic acids is 1. The number of aryl methyl sites for hydroxylation is 1. The minimum Gasteiger partial charge on any atom is -0.478 e. The van der Waals surface area contributed by atoms with Crippen molar-refractivity contribution in [1.29, 1.82) is 0 Å². The van der Waals surface area contributed by atoms with Crippen molar-refractivity contribution < 1.29 is 14.3 Å².